The Bertz CT molecular complexity index is 994. The highest BCUT2D eigenvalue weighted by Crippen LogP contribution is 2.65. The molecule has 0 aromatic heterocycles. The highest BCUT2D eigenvalue weighted by molar-refractivity contribution is 6.72. The van der Waals surface area contributed by atoms with Gasteiger partial charge in [0.15, 0.2) is 0 Å². The maximum absolute atomic E-state index is 14.4. The van der Waals surface area contributed by atoms with Crippen molar-refractivity contribution in [3.63, 3.8) is 0 Å². The first kappa shape index (κ1) is 41.2. The molecule has 0 rings (SSSR count). The number of halogens is 28. The minimum atomic E-state index is -11.7. The molecule has 2 unspecified atom stereocenters. The van der Waals surface area contributed by atoms with Gasteiger partial charge in [-0.05, 0) is 0 Å². The third-order valence-corrected chi connectivity index (χ3v) is 7.31. The maximum Gasteiger partial charge on any atom is 0.549 e. The third-order valence-electron chi connectivity index (χ3n) is 4.34. The van der Waals surface area contributed by atoms with Crippen molar-refractivity contribution in [2.45, 2.75) is 71.7 Å². The van der Waals surface area contributed by atoms with Gasteiger partial charge < -0.3 is 8.85 Å². The molecule has 31 heteroatoms. The van der Waals surface area contributed by atoms with E-state index in [1.54, 1.807) is 0 Å². The van der Waals surface area contributed by atoms with Crippen LogP contribution in [0.5, 0.6) is 0 Å². The Kier molecular flexibility index (Phi) is 9.66. The van der Waals surface area contributed by atoms with E-state index in [0.29, 0.717) is 0 Å². The Labute approximate surface area is 213 Å². The zero-order valence-corrected chi connectivity index (χ0v) is 18.9. The number of alkyl halides is 28. The summed E-state index contributed by atoms with van der Waals surface area (Å²) < 4.78 is 367. The molecule has 0 N–H and O–H groups in total. The van der Waals surface area contributed by atoms with Crippen molar-refractivity contribution in [1.29, 1.82) is 0 Å². The summed E-state index contributed by atoms with van der Waals surface area (Å²) in [7, 11) is -11.7. The Morgan fingerprint density at radius 2 is 0.628 bits per heavy atom. The van der Waals surface area contributed by atoms with Crippen molar-refractivity contribution in [3.05, 3.63) is 0 Å². The predicted octanol–water partition coefficient (Wildman–Crippen LogP) is 8.79. The molecule has 0 aliphatic heterocycles. The number of hydrogen-bond acceptors (Lipinski definition) is 2. The summed E-state index contributed by atoms with van der Waals surface area (Å²) in [4.78, 5) is 0. The fraction of sp³-hybridized carbons (Fsp3) is 1.00. The van der Waals surface area contributed by atoms with Crippen LogP contribution in [-0.4, -0.2) is 80.3 Å². The monoisotopic (exact) mass is 736 g/mol. The Balaban J connectivity index is 8.29. The minimum absolute atomic E-state index is 0.882. The first-order valence-corrected chi connectivity index (χ1v) is 10.4. The van der Waals surface area contributed by atoms with Crippen LogP contribution < -0.4 is 0 Å². The summed E-state index contributed by atoms with van der Waals surface area (Å²) in [5.41, 5.74) is -9.17. The van der Waals surface area contributed by atoms with Crippen molar-refractivity contribution in [3.8, 4) is 0 Å². The third kappa shape index (κ3) is 5.84. The molecule has 2 atom stereocenters. The van der Waals surface area contributed by atoms with Gasteiger partial charge in [0, 0.05) is 0 Å². The van der Waals surface area contributed by atoms with Crippen LogP contribution in [0.1, 0.15) is 0 Å². The van der Waals surface area contributed by atoms with Crippen LogP contribution in [0.25, 0.3) is 0 Å². The van der Waals surface area contributed by atoms with E-state index in [1.165, 1.54) is 0 Å². The SMILES string of the molecule is FC(F)(F)C(F)(F)O[Si](OC(F)(C(F)(F)F)C(F)(F)C(F)(F)C(F)(F)C(F)(F)C(F)(F)F)(C(F)(F)F)C(F)(F)C(F)(F)F. The summed E-state index contributed by atoms with van der Waals surface area (Å²) in [5, 5.41) is 0. The standard InChI is InChI=1S/C12F28O2Si/c13-1(14,2(15,16)4(19,20)6(22,23)24)3(17,18)5(21,7(25,26)27)41-43(12(38,39)40,11(36,37)9(31,32)33)42-10(34,35)8(28,29)30. The van der Waals surface area contributed by atoms with Crippen molar-refractivity contribution >= 4 is 8.56 Å². The van der Waals surface area contributed by atoms with Crippen LogP contribution in [0.4, 0.5) is 123 Å². The second-order valence-electron chi connectivity index (χ2n) is 7.29. The normalized spacial score (nSPS) is 19.3. The Hall–Kier alpha value is -1.82. The molecule has 0 aliphatic carbocycles. The van der Waals surface area contributed by atoms with Crippen LogP contribution in [0, 0.1) is 0 Å². The van der Waals surface area contributed by atoms with E-state index in [4.69, 9.17) is 0 Å². The topological polar surface area (TPSA) is 18.5 Å². The molecule has 43 heavy (non-hydrogen) atoms. The highest BCUT2D eigenvalue weighted by atomic mass is 28.4. The molecule has 0 saturated heterocycles. The van der Waals surface area contributed by atoms with Gasteiger partial charge >= 0.3 is 80.3 Å². The summed E-state index contributed by atoms with van der Waals surface area (Å²) in [6.07, 6.45) is -42.9. The summed E-state index contributed by atoms with van der Waals surface area (Å²) in [6, 6.07) is 0. The van der Waals surface area contributed by atoms with E-state index in [1.807, 2.05) is 0 Å². The average molecular weight is 736 g/mol. The van der Waals surface area contributed by atoms with Gasteiger partial charge in [-0.3, -0.25) is 0 Å². The molecule has 0 amide bonds. The second-order valence-corrected chi connectivity index (χ2v) is 10.1. The Morgan fingerprint density at radius 3 is 0.860 bits per heavy atom. The zero-order chi connectivity index (χ0) is 35.9. The smallest absolute Gasteiger partial charge is 0.340 e. The second kappa shape index (κ2) is 10.1. The lowest BCUT2D eigenvalue weighted by Gasteiger charge is -2.47. The van der Waals surface area contributed by atoms with E-state index in [2.05, 4.69) is 0 Å². The molecular formula is C12F28O2Si. The first-order valence-electron chi connectivity index (χ1n) is 8.61. The molecule has 2 nitrogen and oxygen atoms in total. The lowest BCUT2D eigenvalue weighted by atomic mass is 9.93. The van der Waals surface area contributed by atoms with Gasteiger partial charge in [0.2, 0.25) is 0 Å². The molecule has 0 bridgehead atoms. The number of rotatable bonds is 9. The van der Waals surface area contributed by atoms with Gasteiger partial charge in [0.1, 0.15) is 0 Å². The van der Waals surface area contributed by atoms with Gasteiger partial charge in [0.05, 0.1) is 0 Å². The molecule has 0 radical (unpaired) electrons. The maximum atomic E-state index is 14.4. The van der Waals surface area contributed by atoms with E-state index in [0.717, 1.165) is 8.85 Å². The van der Waals surface area contributed by atoms with Crippen LogP contribution in [-0.2, 0) is 8.85 Å². The van der Waals surface area contributed by atoms with E-state index in [-0.39, 0.29) is 0 Å². The van der Waals surface area contributed by atoms with Gasteiger partial charge in [-0.25, -0.2) is 0 Å². The Morgan fingerprint density at radius 1 is 0.302 bits per heavy atom. The van der Waals surface area contributed by atoms with Gasteiger partial charge in [-0.2, -0.15) is 123 Å². The number of hydrogen-bond donors (Lipinski definition) is 0. The van der Waals surface area contributed by atoms with Gasteiger partial charge in [-0.15, -0.1) is 0 Å². The van der Waals surface area contributed by atoms with Gasteiger partial charge in [-0.1, -0.05) is 0 Å². The first-order chi connectivity index (χ1) is 17.9. The molecule has 0 aromatic carbocycles. The summed E-state index contributed by atoms with van der Waals surface area (Å²) >= 11 is 0. The average Bonchev–Trinajstić information content (AvgIpc) is 2.67. The van der Waals surface area contributed by atoms with Crippen molar-refractivity contribution in [1.82, 2.24) is 0 Å². The fourth-order valence-corrected chi connectivity index (χ4v) is 4.52. The quantitative estimate of drug-likeness (QED) is 0.174. The van der Waals surface area contributed by atoms with Crippen LogP contribution in [0.3, 0.4) is 0 Å². The zero-order valence-electron chi connectivity index (χ0n) is 17.9. The molecule has 0 heterocycles. The van der Waals surface area contributed by atoms with Crippen LogP contribution >= 0.6 is 0 Å². The lowest BCUT2D eigenvalue weighted by molar-refractivity contribution is -0.475. The summed E-state index contributed by atoms with van der Waals surface area (Å²) in [5.74, 6) is -56.4. The van der Waals surface area contributed by atoms with E-state index >= 15 is 0 Å². The molecule has 0 spiro atoms. The highest BCUT2D eigenvalue weighted by Gasteiger charge is 2.98. The lowest BCUT2D eigenvalue weighted by Crippen LogP contribution is -2.81. The van der Waals surface area contributed by atoms with E-state index < -0.39 is 80.3 Å². The molecule has 0 aromatic rings. The molecular weight excluding hydrogens is 736 g/mol. The molecule has 0 saturated carbocycles. The fourth-order valence-electron chi connectivity index (χ4n) is 2.14. The largest absolute Gasteiger partial charge is 0.549 e. The molecule has 0 aliphatic rings. The van der Waals surface area contributed by atoms with Crippen LogP contribution in [0.15, 0.2) is 0 Å². The predicted molar refractivity (Wildman–Crippen MR) is 71.7 cm³/mol. The molecule has 0 fully saturated rings. The van der Waals surface area contributed by atoms with E-state index in [9.17, 15) is 123 Å². The van der Waals surface area contributed by atoms with Crippen LogP contribution in [0.2, 0.25) is 0 Å². The summed E-state index contributed by atoms with van der Waals surface area (Å²) in [6.45, 7) is 0. The van der Waals surface area contributed by atoms with Crippen molar-refractivity contribution in [2.75, 3.05) is 0 Å². The van der Waals surface area contributed by atoms with Crippen molar-refractivity contribution in [2.24, 2.45) is 0 Å². The van der Waals surface area contributed by atoms with Gasteiger partial charge in [0.25, 0.3) is 0 Å². The molecule has 260 valence electrons. The minimum Gasteiger partial charge on any atom is -0.340 e. The van der Waals surface area contributed by atoms with Crippen molar-refractivity contribution < 1.29 is 132 Å².